The van der Waals surface area contributed by atoms with E-state index in [1.807, 2.05) is 54.6 Å². The van der Waals surface area contributed by atoms with Crippen LogP contribution in [0.2, 0.25) is 0 Å². The van der Waals surface area contributed by atoms with E-state index in [2.05, 4.69) is 12.1 Å². The molecule has 0 aromatic heterocycles. The summed E-state index contributed by atoms with van der Waals surface area (Å²) in [5.41, 5.74) is 2.28. The molecule has 0 radical (unpaired) electrons. The molecule has 2 heteroatoms. The summed E-state index contributed by atoms with van der Waals surface area (Å²) in [4.78, 5) is 12.2. The zero-order valence-electron chi connectivity index (χ0n) is 12.4. The van der Waals surface area contributed by atoms with Crippen molar-refractivity contribution in [3.8, 4) is 0 Å². The van der Waals surface area contributed by atoms with Gasteiger partial charge < -0.3 is 5.11 Å². The highest BCUT2D eigenvalue weighted by molar-refractivity contribution is 5.96. The van der Waals surface area contributed by atoms with Gasteiger partial charge in [0.05, 0.1) is 12.0 Å². The van der Waals surface area contributed by atoms with Gasteiger partial charge in [-0.05, 0) is 30.0 Å². The average molecular weight is 292 g/mol. The highest BCUT2D eigenvalue weighted by Crippen LogP contribution is 2.35. The first kappa shape index (κ1) is 14.7. The van der Waals surface area contributed by atoms with Crippen molar-refractivity contribution >= 4 is 5.78 Å². The van der Waals surface area contributed by atoms with Crippen LogP contribution in [-0.2, 0) is 11.2 Å². The van der Waals surface area contributed by atoms with E-state index in [0.29, 0.717) is 6.42 Å². The van der Waals surface area contributed by atoms with Crippen LogP contribution >= 0.6 is 0 Å². The van der Waals surface area contributed by atoms with Gasteiger partial charge in [-0.25, -0.2) is 0 Å². The standard InChI is InChI=1S/C20H20O2/c21-18(13-11-15-7-3-1-4-8-15)20-17(12-14-19(20)22)16-9-5-2-6-10-16/h1-10,12,14,17-18,20-21H,11,13H2/t17-,18+,20+/m1/s1. The smallest absolute Gasteiger partial charge is 0.161 e. The molecule has 2 aromatic carbocycles. The van der Waals surface area contributed by atoms with E-state index < -0.39 is 6.10 Å². The molecule has 0 saturated carbocycles. The highest BCUT2D eigenvalue weighted by atomic mass is 16.3. The number of hydrogen-bond donors (Lipinski definition) is 1. The van der Waals surface area contributed by atoms with Crippen molar-refractivity contribution in [1.29, 1.82) is 0 Å². The summed E-state index contributed by atoms with van der Waals surface area (Å²) in [7, 11) is 0. The van der Waals surface area contributed by atoms with Gasteiger partial charge >= 0.3 is 0 Å². The number of aliphatic hydroxyl groups excluding tert-OH is 1. The monoisotopic (exact) mass is 292 g/mol. The maximum atomic E-state index is 12.2. The summed E-state index contributed by atoms with van der Waals surface area (Å²) in [6, 6.07) is 20.0. The molecule has 0 heterocycles. The van der Waals surface area contributed by atoms with E-state index in [1.165, 1.54) is 5.56 Å². The van der Waals surface area contributed by atoms with Gasteiger partial charge in [0.2, 0.25) is 0 Å². The normalized spacial score (nSPS) is 22.0. The van der Waals surface area contributed by atoms with Crippen LogP contribution in [0.1, 0.15) is 23.5 Å². The number of carbonyl (C=O) groups is 1. The Morgan fingerprint density at radius 1 is 0.955 bits per heavy atom. The zero-order chi connectivity index (χ0) is 15.4. The number of aliphatic hydroxyl groups is 1. The highest BCUT2D eigenvalue weighted by Gasteiger charge is 2.36. The van der Waals surface area contributed by atoms with Crippen LogP contribution in [0.15, 0.2) is 72.8 Å². The largest absolute Gasteiger partial charge is 0.392 e. The molecule has 0 unspecified atom stereocenters. The predicted molar refractivity (Wildman–Crippen MR) is 87.6 cm³/mol. The molecule has 2 nitrogen and oxygen atoms in total. The Bertz CT molecular complexity index is 646. The second-order valence-corrected chi connectivity index (χ2v) is 5.82. The minimum Gasteiger partial charge on any atom is -0.392 e. The topological polar surface area (TPSA) is 37.3 Å². The van der Waals surface area contributed by atoms with Crippen molar-refractivity contribution in [2.24, 2.45) is 5.92 Å². The van der Waals surface area contributed by atoms with E-state index in [4.69, 9.17) is 0 Å². The summed E-state index contributed by atoms with van der Waals surface area (Å²) >= 11 is 0. The fourth-order valence-electron chi connectivity index (χ4n) is 3.17. The Balaban J connectivity index is 1.70. The van der Waals surface area contributed by atoms with Crippen LogP contribution in [0.25, 0.3) is 0 Å². The third-order valence-electron chi connectivity index (χ3n) is 4.35. The fourth-order valence-corrected chi connectivity index (χ4v) is 3.17. The van der Waals surface area contributed by atoms with Crippen LogP contribution in [0, 0.1) is 5.92 Å². The van der Waals surface area contributed by atoms with Gasteiger partial charge in [-0.3, -0.25) is 4.79 Å². The van der Waals surface area contributed by atoms with Crippen LogP contribution in [0.3, 0.4) is 0 Å². The summed E-state index contributed by atoms with van der Waals surface area (Å²) in [5.74, 6) is -0.333. The lowest BCUT2D eigenvalue weighted by atomic mass is 9.82. The first-order valence-electron chi connectivity index (χ1n) is 7.74. The first-order valence-corrected chi connectivity index (χ1v) is 7.74. The lowest BCUT2D eigenvalue weighted by Crippen LogP contribution is -2.29. The third-order valence-corrected chi connectivity index (χ3v) is 4.35. The molecule has 112 valence electrons. The quantitative estimate of drug-likeness (QED) is 0.915. The molecule has 0 spiro atoms. The molecule has 0 fully saturated rings. The molecule has 1 N–H and O–H groups in total. The number of hydrogen-bond acceptors (Lipinski definition) is 2. The SMILES string of the molecule is O=C1C=C[C@H](c2ccccc2)[C@H]1[C@@H](O)CCc1ccccc1. The van der Waals surface area contributed by atoms with Crippen LogP contribution in [-0.4, -0.2) is 17.0 Å². The number of carbonyl (C=O) groups excluding carboxylic acids is 1. The van der Waals surface area contributed by atoms with Gasteiger partial charge in [0.15, 0.2) is 5.78 Å². The predicted octanol–water partition coefficient (Wildman–Crippen LogP) is 3.52. The molecule has 1 aliphatic carbocycles. The minimum atomic E-state index is -0.618. The minimum absolute atomic E-state index is 0.0144. The maximum absolute atomic E-state index is 12.2. The summed E-state index contributed by atoms with van der Waals surface area (Å²) in [6.45, 7) is 0. The number of aryl methyl sites for hydroxylation is 1. The van der Waals surface area contributed by atoms with Gasteiger partial charge in [-0.1, -0.05) is 66.7 Å². The van der Waals surface area contributed by atoms with Gasteiger partial charge in [0.25, 0.3) is 0 Å². The van der Waals surface area contributed by atoms with Crippen LogP contribution in [0.4, 0.5) is 0 Å². The Kier molecular flexibility index (Phi) is 4.50. The molecule has 22 heavy (non-hydrogen) atoms. The van der Waals surface area contributed by atoms with E-state index in [1.54, 1.807) is 6.08 Å². The molecular formula is C20H20O2. The fraction of sp³-hybridized carbons (Fsp3) is 0.250. The van der Waals surface area contributed by atoms with Crippen molar-refractivity contribution in [3.63, 3.8) is 0 Å². The molecule has 1 aliphatic rings. The Morgan fingerprint density at radius 3 is 2.27 bits per heavy atom. The molecule has 0 saturated heterocycles. The van der Waals surface area contributed by atoms with Crippen molar-refractivity contribution in [2.75, 3.05) is 0 Å². The van der Waals surface area contributed by atoms with Crippen molar-refractivity contribution in [2.45, 2.75) is 24.9 Å². The van der Waals surface area contributed by atoms with Crippen molar-refractivity contribution in [3.05, 3.63) is 83.9 Å². The summed E-state index contributed by atoms with van der Waals surface area (Å²) in [6.07, 6.45) is 4.31. The van der Waals surface area contributed by atoms with E-state index in [9.17, 15) is 9.90 Å². The molecule has 0 bridgehead atoms. The van der Waals surface area contributed by atoms with Crippen molar-refractivity contribution in [1.82, 2.24) is 0 Å². The Morgan fingerprint density at radius 2 is 1.59 bits per heavy atom. The third kappa shape index (κ3) is 3.18. The van der Waals surface area contributed by atoms with Crippen LogP contribution in [0.5, 0.6) is 0 Å². The van der Waals surface area contributed by atoms with Crippen molar-refractivity contribution < 1.29 is 9.90 Å². The number of ketones is 1. The van der Waals surface area contributed by atoms with E-state index in [0.717, 1.165) is 12.0 Å². The molecule has 3 rings (SSSR count). The molecular weight excluding hydrogens is 272 g/mol. The van der Waals surface area contributed by atoms with E-state index in [-0.39, 0.29) is 17.6 Å². The second kappa shape index (κ2) is 6.71. The van der Waals surface area contributed by atoms with Gasteiger partial charge in [-0.15, -0.1) is 0 Å². The average Bonchev–Trinajstić information content (AvgIpc) is 2.96. The lowest BCUT2D eigenvalue weighted by Gasteiger charge is -2.24. The van der Waals surface area contributed by atoms with Gasteiger partial charge in [0, 0.05) is 5.92 Å². The first-order chi connectivity index (χ1) is 10.8. The van der Waals surface area contributed by atoms with Gasteiger partial charge in [-0.2, -0.15) is 0 Å². The summed E-state index contributed by atoms with van der Waals surface area (Å²) < 4.78 is 0. The lowest BCUT2D eigenvalue weighted by molar-refractivity contribution is -0.121. The van der Waals surface area contributed by atoms with Gasteiger partial charge in [0.1, 0.15) is 0 Å². The summed E-state index contributed by atoms with van der Waals surface area (Å²) in [5, 5.41) is 10.6. The molecule has 0 amide bonds. The number of benzene rings is 2. The Hall–Kier alpha value is -2.19. The molecule has 0 aliphatic heterocycles. The number of allylic oxidation sites excluding steroid dienone is 2. The molecule has 3 atom stereocenters. The second-order valence-electron chi connectivity index (χ2n) is 5.82. The van der Waals surface area contributed by atoms with Crippen LogP contribution < -0.4 is 0 Å². The maximum Gasteiger partial charge on any atom is 0.161 e. The number of rotatable bonds is 5. The van der Waals surface area contributed by atoms with E-state index >= 15 is 0 Å². The Labute approximate surface area is 131 Å². The zero-order valence-corrected chi connectivity index (χ0v) is 12.4. The molecule has 2 aromatic rings.